The van der Waals surface area contributed by atoms with Gasteiger partial charge in [-0.05, 0) is 17.7 Å². The van der Waals surface area contributed by atoms with Crippen molar-refractivity contribution in [3.05, 3.63) is 29.8 Å². The number of nitrogens with one attached hydrogen (secondary N) is 1. The van der Waals surface area contributed by atoms with E-state index in [2.05, 4.69) is 10.5 Å². The van der Waals surface area contributed by atoms with E-state index in [0.29, 0.717) is 0 Å². The summed E-state index contributed by atoms with van der Waals surface area (Å²) in [4.78, 5) is 25.4. The van der Waals surface area contributed by atoms with Crippen LogP contribution in [-0.4, -0.2) is 36.1 Å². The van der Waals surface area contributed by atoms with Gasteiger partial charge in [-0.2, -0.15) is 5.10 Å². The molecule has 2 amide bonds. The van der Waals surface area contributed by atoms with Crippen molar-refractivity contribution in [1.29, 1.82) is 0 Å². The lowest BCUT2D eigenvalue weighted by Gasteiger charge is -2.15. The van der Waals surface area contributed by atoms with E-state index in [1.54, 1.807) is 19.2 Å². The Bertz CT molecular complexity index is 553. The Morgan fingerprint density at radius 3 is 2.63 bits per heavy atom. The quantitative estimate of drug-likeness (QED) is 0.784. The molecule has 1 saturated heterocycles. The third-order valence-electron chi connectivity index (χ3n) is 3.39. The van der Waals surface area contributed by atoms with Crippen molar-refractivity contribution in [2.45, 2.75) is 12.6 Å². The predicted molar refractivity (Wildman–Crippen MR) is 67.5 cm³/mol. The summed E-state index contributed by atoms with van der Waals surface area (Å²) in [7, 11) is 1.59. The Hall–Kier alpha value is -2.37. The molecule has 0 saturated carbocycles. The third kappa shape index (κ3) is 1.85. The van der Waals surface area contributed by atoms with Crippen LogP contribution in [0.3, 0.4) is 0 Å². The number of hydrazone groups is 1. The number of methoxy groups -OCH3 is 1. The number of carbonyl (C=O) groups excluding carboxylic acids is 2. The van der Waals surface area contributed by atoms with Gasteiger partial charge in [0.05, 0.1) is 13.7 Å². The van der Waals surface area contributed by atoms with Crippen LogP contribution >= 0.6 is 0 Å². The van der Waals surface area contributed by atoms with Crippen molar-refractivity contribution < 1.29 is 14.3 Å². The molecule has 0 aromatic heterocycles. The number of benzene rings is 1. The number of imide groups is 1. The highest BCUT2D eigenvalue weighted by molar-refractivity contribution is 6.14. The van der Waals surface area contributed by atoms with Gasteiger partial charge < -0.3 is 4.74 Å². The number of rotatable bonds is 3. The van der Waals surface area contributed by atoms with Gasteiger partial charge in [0.15, 0.2) is 0 Å². The molecule has 2 aliphatic heterocycles. The molecule has 19 heavy (non-hydrogen) atoms. The van der Waals surface area contributed by atoms with Gasteiger partial charge in [0.25, 0.3) is 5.91 Å². The molecule has 2 aliphatic rings. The zero-order chi connectivity index (χ0) is 13.4. The van der Waals surface area contributed by atoms with E-state index in [4.69, 9.17) is 4.74 Å². The third-order valence-corrected chi connectivity index (χ3v) is 3.39. The molecule has 1 N–H and O–H groups in total. The summed E-state index contributed by atoms with van der Waals surface area (Å²) in [5.41, 5.74) is 3.56. The molecular weight excluding hydrogens is 246 g/mol. The lowest BCUT2D eigenvalue weighted by molar-refractivity contribution is -0.140. The van der Waals surface area contributed by atoms with E-state index in [-0.39, 0.29) is 18.4 Å². The van der Waals surface area contributed by atoms with E-state index in [1.807, 2.05) is 12.1 Å². The molecule has 0 aliphatic carbocycles. The summed E-state index contributed by atoms with van der Waals surface area (Å²) in [6.45, 7) is 0.282. The van der Waals surface area contributed by atoms with Gasteiger partial charge in [0, 0.05) is 6.21 Å². The molecule has 98 valence electrons. The topological polar surface area (TPSA) is 71.0 Å². The van der Waals surface area contributed by atoms with Crippen molar-refractivity contribution in [3.63, 3.8) is 0 Å². The number of fused-ring (bicyclic) bond motifs is 1. The second-order valence-electron chi connectivity index (χ2n) is 4.52. The predicted octanol–water partition coefficient (Wildman–Crippen LogP) is 0.138. The fraction of sp³-hybridized carbons (Fsp3) is 0.308. The van der Waals surface area contributed by atoms with Crippen LogP contribution in [0.5, 0.6) is 5.75 Å². The maximum absolute atomic E-state index is 12.1. The van der Waals surface area contributed by atoms with E-state index < -0.39 is 12.0 Å². The summed E-state index contributed by atoms with van der Waals surface area (Å²) < 4.78 is 5.07. The van der Waals surface area contributed by atoms with Gasteiger partial charge >= 0.3 is 0 Å². The number of carbonyl (C=O) groups is 2. The minimum atomic E-state index is -0.522. The largest absolute Gasteiger partial charge is 0.497 e. The molecular formula is C13H13N3O3. The van der Waals surface area contributed by atoms with E-state index >= 15 is 0 Å². The fourth-order valence-corrected chi connectivity index (χ4v) is 2.31. The van der Waals surface area contributed by atoms with Crippen LogP contribution in [-0.2, 0) is 16.1 Å². The van der Waals surface area contributed by atoms with Crippen molar-refractivity contribution in [2.24, 2.45) is 11.0 Å². The Morgan fingerprint density at radius 2 is 2.00 bits per heavy atom. The van der Waals surface area contributed by atoms with Crippen LogP contribution in [0.4, 0.5) is 0 Å². The van der Waals surface area contributed by atoms with Gasteiger partial charge in [0.1, 0.15) is 17.7 Å². The SMILES string of the molecule is COc1ccc(CN2C(=O)C3C=NNC3C2=O)cc1. The number of hydrogen-bond donors (Lipinski definition) is 1. The molecule has 2 heterocycles. The first-order valence-corrected chi connectivity index (χ1v) is 5.97. The van der Waals surface area contributed by atoms with Crippen LogP contribution in [0.25, 0.3) is 0 Å². The van der Waals surface area contributed by atoms with Gasteiger partial charge in [0.2, 0.25) is 5.91 Å². The number of nitrogens with zero attached hydrogens (tertiary/aromatic N) is 2. The molecule has 1 fully saturated rings. The molecule has 2 atom stereocenters. The molecule has 0 spiro atoms. The highest BCUT2D eigenvalue weighted by Crippen LogP contribution is 2.24. The Morgan fingerprint density at radius 1 is 1.26 bits per heavy atom. The number of likely N-dealkylation sites (tertiary alicyclic amines) is 1. The molecule has 1 aromatic rings. The van der Waals surface area contributed by atoms with Crippen molar-refractivity contribution >= 4 is 18.0 Å². The lowest BCUT2D eigenvalue weighted by atomic mass is 10.1. The smallest absolute Gasteiger partial charge is 0.254 e. The first-order chi connectivity index (χ1) is 9.20. The summed E-state index contributed by atoms with van der Waals surface area (Å²) in [6, 6.07) is 6.77. The van der Waals surface area contributed by atoms with Gasteiger partial charge in [-0.25, -0.2) is 0 Å². The van der Waals surface area contributed by atoms with Gasteiger partial charge in [-0.3, -0.25) is 19.9 Å². The monoisotopic (exact) mass is 259 g/mol. The molecule has 0 bridgehead atoms. The Kier molecular flexibility index (Phi) is 2.70. The van der Waals surface area contributed by atoms with E-state index in [1.165, 1.54) is 11.1 Å². The Labute approximate surface area is 110 Å². The lowest BCUT2D eigenvalue weighted by Crippen LogP contribution is -2.35. The second-order valence-corrected chi connectivity index (χ2v) is 4.52. The first-order valence-electron chi connectivity index (χ1n) is 5.97. The number of ether oxygens (including phenoxy) is 1. The van der Waals surface area contributed by atoms with Crippen molar-refractivity contribution in [2.75, 3.05) is 7.11 Å². The summed E-state index contributed by atoms with van der Waals surface area (Å²) in [6.07, 6.45) is 1.50. The summed E-state index contributed by atoms with van der Waals surface area (Å²) >= 11 is 0. The average molecular weight is 259 g/mol. The van der Waals surface area contributed by atoms with Crippen LogP contribution in [0, 0.1) is 5.92 Å². The van der Waals surface area contributed by atoms with Gasteiger partial charge in [-0.1, -0.05) is 12.1 Å². The highest BCUT2D eigenvalue weighted by atomic mass is 16.5. The van der Waals surface area contributed by atoms with Gasteiger partial charge in [-0.15, -0.1) is 0 Å². The van der Waals surface area contributed by atoms with Crippen LogP contribution in [0.2, 0.25) is 0 Å². The minimum absolute atomic E-state index is 0.195. The normalized spacial score (nSPS) is 24.6. The van der Waals surface area contributed by atoms with Crippen molar-refractivity contribution in [1.82, 2.24) is 10.3 Å². The molecule has 1 aromatic carbocycles. The number of amides is 2. The summed E-state index contributed by atoms with van der Waals surface area (Å²) in [5.74, 6) is -0.123. The summed E-state index contributed by atoms with van der Waals surface area (Å²) in [5, 5.41) is 3.77. The maximum atomic E-state index is 12.1. The van der Waals surface area contributed by atoms with E-state index in [0.717, 1.165) is 11.3 Å². The molecule has 0 radical (unpaired) electrons. The molecule has 6 heteroatoms. The van der Waals surface area contributed by atoms with E-state index in [9.17, 15) is 9.59 Å². The zero-order valence-electron chi connectivity index (χ0n) is 10.4. The average Bonchev–Trinajstić information content (AvgIpc) is 3.00. The number of hydrogen-bond acceptors (Lipinski definition) is 5. The fourth-order valence-electron chi connectivity index (χ4n) is 2.31. The molecule has 2 unspecified atom stereocenters. The highest BCUT2D eigenvalue weighted by Gasteiger charge is 2.48. The molecule has 6 nitrogen and oxygen atoms in total. The first kappa shape index (κ1) is 11.7. The minimum Gasteiger partial charge on any atom is -0.497 e. The maximum Gasteiger partial charge on any atom is 0.254 e. The molecule has 3 rings (SSSR count). The van der Waals surface area contributed by atoms with Crippen LogP contribution in [0.15, 0.2) is 29.4 Å². The second kappa shape index (κ2) is 4.38. The van der Waals surface area contributed by atoms with Crippen LogP contribution in [0.1, 0.15) is 5.56 Å². The van der Waals surface area contributed by atoms with Crippen LogP contribution < -0.4 is 10.2 Å². The standard InChI is InChI=1S/C13H13N3O3/c1-19-9-4-2-8(3-5-9)7-16-12(17)10-6-14-15-11(10)13(16)18/h2-6,10-11,15H,7H2,1H3. The Balaban J connectivity index is 1.77. The van der Waals surface area contributed by atoms with Crippen molar-refractivity contribution in [3.8, 4) is 5.75 Å². The zero-order valence-corrected chi connectivity index (χ0v) is 10.4.